The lowest BCUT2D eigenvalue weighted by Crippen LogP contribution is -2.38. The molecule has 158 valence electrons. The molecule has 1 aliphatic heterocycles. The number of nitrogens with zero attached hydrogens (tertiary/aromatic N) is 5. The molecule has 0 aliphatic carbocycles. The van der Waals surface area contributed by atoms with Crippen LogP contribution in [0.15, 0.2) is 41.1 Å². The van der Waals surface area contributed by atoms with Gasteiger partial charge in [0.2, 0.25) is 0 Å². The van der Waals surface area contributed by atoms with Crippen molar-refractivity contribution in [3.05, 3.63) is 46.7 Å². The zero-order valence-electron chi connectivity index (χ0n) is 17.4. The minimum atomic E-state index is -0.0703. The maximum absolute atomic E-state index is 13.4. The Kier molecular flexibility index (Phi) is 5.55. The summed E-state index contributed by atoms with van der Waals surface area (Å²) in [6.07, 6.45) is 3.52. The number of halogens is 1. The molecule has 1 saturated heterocycles. The predicted octanol–water partition coefficient (Wildman–Crippen LogP) is 3.98. The second-order valence-corrected chi connectivity index (χ2v) is 8.42. The van der Waals surface area contributed by atoms with E-state index in [4.69, 9.17) is 9.47 Å². The van der Waals surface area contributed by atoms with Crippen LogP contribution in [0.3, 0.4) is 0 Å². The highest BCUT2D eigenvalue weighted by molar-refractivity contribution is 9.10. The van der Waals surface area contributed by atoms with Gasteiger partial charge in [-0.1, -0.05) is 13.8 Å². The van der Waals surface area contributed by atoms with Crippen LogP contribution in [0, 0.1) is 5.92 Å². The fourth-order valence-electron chi connectivity index (χ4n) is 3.74. The van der Waals surface area contributed by atoms with Crippen molar-refractivity contribution in [1.82, 2.24) is 19.5 Å². The van der Waals surface area contributed by atoms with Gasteiger partial charge in [0.25, 0.3) is 0 Å². The molecule has 2 aromatic heterocycles. The zero-order chi connectivity index (χ0) is 21.4. The van der Waals surface area contributed by atoms with Gasteiger partial charge in [-0.25, -0.2) is 14.3 Å². The van der Waals surface area contributed by atoms with E-state index in [-0.39, 0.29) is 18.0 Å². The van der Waals surface area contributed by atoms with Gasteiger partial charge in [-0.05, 0) is 40.0 Å². The number of ether oxygens (including phenoxy) is 2. The number of amides is 2. The van der Waals surface area contributed by atoms with Crippen molar-refractivity contribution in [3.8, 4) is 11.5 Å². The van der Waals surface area contributed by atoms with Crippen LogP contribution in [-0.4, -0.2) is 52.3 Å². The van der Waals surface area contributed by atoms with E-state index in [0.29, 0.717) is 36.1 Å². The molecule has 2 amide bonds. The van der Waals surface area contributed by atoms with Crippen LogP contribution in [0.1, 0.15) is 19.4 Å². The lowest BCUT2D eigenvalue weighted by molar-refractivity contribution is 0.217. The quantitative estimate of drug-likeness (QED) is 0.541. The summed E-state index contributed by atoms with van der Waals surface area (Å²) in [4.78, 5) is 21.7. The molecular formula is C21H24BrN5O3. The molecule has 1 fully saturated rings. The average molecular weight is 474 g/mol. The van der Waals surface area contributed by atoms with Gasteiger partial charge in [0.1, 0.15) is 17.3 Å². The first-order valence-corrected chi connectivity index (χ1v) is 10.5. The Morgan fingerprint density at radius 2 is 2.03 bits per heavy atom. The van der Waals surface area contributed by atoms with E-state index in [1.54, 1.807) is 29.8 Å². The van der Waals surface area contributed by atoms with Gasteiger partial charge in [0.05, 0.1) is 37.5 Å². The highest BCUT2D eigenvalue weighted by Gasteiger charge is 2.40. The van der Waals surface area contributed by atoms with Crippen LogP contribution in [0.25, 0.3) is 5.65 Å². The number of benzene rings is 1. The van der Waals surface area contributed by atoms with E-state index in [9.17, 15) is 4.79 Å². The summed E-state index contributed by atoms with van der Waals surface area (Å²) >= 11 is 3.47. The Labute approximate surface area is 183 Å². The summed E-state index contributed by atoms with van der Waals surface area (Å²) in [5.41, 5.74) is 1.61. The number of hydrogen-bond donors (Lipinski definition) is 0. The van der Waals surface area contributed by atoms with Crippen molar-refractivity contribution in [3.63, 3.8) is 0 Å². The van der Waals surface area contributed by atoms with Gasteiger partial charge in [-0.2, -0.15) is 5.10 Å². The number of methoxy groups -OCH3 is 2. The summed E-state index contributed by atoms with van der Waals surface area (Å²) in [5, 5.41) is 4.23. The molecule has 0 N–H and O–H groups in total. The third-order valence-electron chi connectivity index (χ3n) is 5.40. The maximum atomic E-state index is 13.4. The minimum Gasteiger partial charge on any atom is -0.497 e. The molecule has 1 aromatic carbocycles. The lowest BCUT2D eigenvalue weighted by atomic mass is 10.0. The molecule has 0 spiro atoms. The molecule has 0 unspecified atom stereocenters. The van der Waals surface area contributed by atoms with Crippen molar-refractivity contribution in [2.75, 3.05) is 25.7 Å². The molecule has 0 saturated carbocycles. The SMILES string of the molecule is COc1ccc(CN2C[C@H](C(C)C)N(c3ccn4ncc(Br)c4n3)C2=O)c(OC)c1. The fourth-order valence-corrected chi connectivity index (χ4v) is 4.10. The van der Waals surface area contributed by atoms with Crippen molar-refractivity contribution in [2.45, 2.75) is 26.4 Å². The summed E-state index contributed by atoms with van der Waals surface area (Å²) in [5.74, 6) is 2.30. The minimum absolute atomic E-state index is 0.0124. The van der Waals surface area contributed by atoms with Gasteiger partial charge < -0.3 is 14.4 Å². The van der Waals surface area contributed by atoms with Crippen LogP contribution >= 0.6 is 15.9 Å². The van der Waals surface area contributed by atoms with E-state index < -0.39 is 0 Å². The highest BCUT2D eigenvalue weighted by atomic mass is 79.9. The molecule has 30 heavy (non-hydrogen) atoms. The zero-order valence-corrected chi connectivity index (χ0v) is 19.0. The van der Waals surface area contributed by atoms with E-state index in [2.05, 4.69) is 39.9 Å². The van der Waals surface area contributed by atoms with Crippen LogP contribution in [0.5, 0.6) is 11.5 Å². The maximum Gasteiger partial charge on any atom is 0.326 e. The Hall–Kier alpha value is -2.81. The average Bonchev–Trinajstić information content (AvgIpc) is 3.28. The molecule has 0 radical (unpaired) electrons. The van der Waals surface area contributed by atoms with Gasteiger partial charge in [-0.15, -0.1) is 0 Å². The predicted molar refractivity (Wildman–Crippen MR) is 117 cm³/mol. The summed E-state index contributed by atoms with van der Waals surface area (Å²) in [6.45, 7) is 5.30. The topological polar surface area (TPSA) is 72.2 Å². The van der Waals surface area contributed by atoms with E-state index in [1.807, 2.05) is 35.4 Å². The normalized spacial score (nSPS) is 16.7. The first-order chi connectivity index (χ1) is 14.4. The van der Waals surface area contributed by atoms with Crippen LogP contribution in [-0.2, 0) is 6.54 Å². The summed E-state index contributed by atoms with van der Waals surface area (Å²) in [6, 6.07) is 7.42. The van der Waals surface area contributed by atoms with Gasteiger partial charge in [0.15, 0.2) is 5.65 Å². The first-order valence-electron chi connectivity index (χ1n) is 9.72. The smallest absolute Gasteiger partial charge is 0.326 e. The van der Waals surface area contributed by atoms with Crippen molar-refractivity contribution >= 4 is 33.4 Å². The second-order valence-electron chi connectivity index (χ2n) is 7.57. The van der Waals surface area contributed by atoms with Crippen molar-refractivity contribution in [2.24, 2.45) is 5.92 Å². The Morgan fingerprint density at radius 3 is 2.73 bits per heavy atom. The van der Waals surface area contributed by atoms with Gasteiger partial charge in [0, 0.05) is 24.4 Å². The molecule has 0 bridgehead atoms. The molecule has 1 aliphatic rings. The second kappa shape index (κ2) is 8.14. The summed E-state index contributed by atoms with van der Waals surface area (Å²) < 4.78 is 13.3. The molecule has 1 atom stereocenters. The van der Waals surface area contributed by atoms with Crippen LogP contribution < -0.4 is 14.4 Å². The summed E-state index contributed by atoms with van der Waals surface area (Å²) in [7, 11) is 3.24. The molecule has 3 heterocycles. The standard InChI is InChI=1S/C21H24BrN5O3/c1-13(2)17-12-25(11-14-5-6-15(29-3)9-18(14)30-4)21(28)27(17)19-7-8-26-20(24-19)16(22)10-23-26/h5-10,13,17H,11-12H2,1-4H3/t17-/m1/s1. The van der Waals surface area contributed by atoms with Gasteiger partial charge >= 0.3 is 6.03 Å². The Balaban J connectivity index is 1.66. The number of carbonyl (C=O) groups is 1. The van der Waals surface area contributed by atoms with E-state index in [0.717, 1.165) is 10.0 Å². The molecule has 3 aromatic rings. The molecule has 4 rings (SSSR count). The van der Waals surface area contributed by atoms with Crippen molar-refractivity contribution in [1.29, 1.82) is 0 Å². The largest absolute Gasteiger partial charge is 0.497 e. The number of carbonyl (C=O) groups excluding carboxylic acids is 1. The van der Waals surface area contributed by atoms with E-state index >= 15 is 0 Å². The number of fused-ring (bicyclic) bond motifs is 1. The number of rotatable bonds is 6. The van der Waals surface area contributed by atoms with Gasteiger partial charge in [-0.3, -0.25) is 4.90 Å². The lowest BCUT2D eigenvalue weighted by Gasteiger charge is -2.25. The van der Waals surface area contributed by atoms with E-state index in [1.165, 1.54) is 0 Å². The molecular weight excluding hydrogens is 450 g/mol. The number of anilines is 1. The number of urea groups is 1. The first kappa shape index (κ1) is 20.5. The fraction of sp³-hybridized carbons (Fsp3) is 0.381. The van der Waals surface area contributed by atoms with Crippen LogP contribution in [0.2, 0.25) is 0 Å². The number of hydrogen-bond acceptors (Lipinski definition) is 5. The van der Waals surface area contributed by atoms with Crippen LogP contribution in [0.4, 0.5) is 10.6 Å². The molecule has 8 nitrogen and oxygen atoms in total. The number of aromatic nitrogens is 3. The molecule has 9 heteroatoms. The Morgan fingerprint density at radius 1 is 1.23 bits per heavy atom. The third kappa shape index (κ3) is 3.58. The van der Waals surface area contributed by atoms with Crippen molar-refractivity contribution < 1.29 is 14.3 Å². The monoisotopic (exact) mass is 473 g/mol. The highest BCUT2D eigenvalue weighted by Crippen LogP contribution is 2.32. The Bertz CT molecular complexity index is 1080. The third-order valence-corrected chi connectivity index (χ3v) is 5.96.